The molecule has 1 N–H and O–H groups in total. The SMILES string of the molecule is CCCn1ncc(-c2ccnc(Nc3ccc(-n4cnc(C)n4)cc3)c2)c1-c1ccc(F)cc1. The molecular formula is C26H24FN7. The van der Waals surface area contributed by atoms with Gasteiger partial charge in [0.15, 0.2) is 0 Å². The predicted octanol–water partition coefficient (Wildman–Crippen LogP) is 5.79. The first kappa shape index (κ1) is 21.5. The monoisotopic (exact) mass is 453 g/mol. The van der Waals surface area contributed by atoms with Gasteiger partial charge in [0.2, 0.25) is 0 Å². The second-order valence-electron chi connectivity index (χ2n) is 7.97. The fourth-order valence-electron chi connectivity index (χ4n) is 3.87. The number of pyridine rings is 1. The van der Waals surface area contributed by atoms with Crippen LogP contribution < -0.4 is 5.32 Å². The molecule has 0 amide bonds. The van der Waals surface area contributed by atoms with E-state index in [-0.39, 0.29) is 5.82 Å². The molecule has 8 heteroatoms. The average Bonchev–Trinajstić information content (AvgIpc) is 3.47. The summed E-state index contributed by atoms with van der Waals surface area (Å²) in [5.41, 5.74) is 5.68. The number of nitrogens with one attached hydrogen (secondary N) is 1. The second kappa shape index (κ2) is 9.27. The molecule has 3 heterocycles. The highest BCUT2D eigenvalue weighted by atomic mass is 19.1. The summed E-state index contributed by atoms with van der Waals surface area (Å²) in [5.74, 6) is 1.19. The van der Waals surface area contributed by atoms with E-state index in [1.54, 1.807) is 29.3 Å². The van der Waals surface area contributed by atoms with Crippen molar-refractivity contribution >= 4 is 11.5 Å². The highest BCUT2D eigenvalue weighted by molar-refractivity contribution is 5.82. The molecule has 2 aromatic carbocycles. The van der Waals surface area contributed by atoms with Crippen molar-refractivity contribution in [3.63, 3.8) is 0 Å². The van der Waals surface area contributed by atoms with Gasteiger partial charge in [-0.25, -0.2) is 19.0 Å². The van der Waals surface area contributed by atoms with E-state index in [9.17, 15) is 4.39 Å². The fraction of sp³-hybridized carbons (Fsp3) is 0.154. The van der Waals surface area contributed by atoms with Crippen LogP contribution in [0.15, 0.2) is 79.4 Å². The molecule has 0 atom stereocenters. The van der Waals surface area contributed by atoms with Crippen LogP contribution in [0.4, 0.5) is 15.9 Å². The lowest BCUT2D eigenvalue weighted by Gasteiger charge is -2.11. The van der Waals surface area contributed by atoms with Crippen molar-refractivity contribution in [1.82, 2.24) is 29.5 Å². The van der Waals surface area contributed by atoms with Gasteiger partial charge < -0.3 is 5.32 Å². The number of halogens is 1. The van der Waals surface area contributed by atoms with E-state index in [2.05, 4.69) is 32.4 Å². The quantitative estimate of drug-likeness (QED) is 0.337. The first-order valence-electron chi connectivity index (χ1n) is 11.1. The predicted molar refractivity (Wildman–Crippen MR) is 131 cm³/mol. The molecule has 0 fully saturated rings. The number of anilines is 2. The van der Waals surface area contributed by atoms with Crippen LogP contribution in [0.1, 0.15) is 19.2 Å². The molecule has 7 nitrogen and oxygen atoms in total. The van der Waals surface area contributed by atoms with E-state index >= 15 is 0 Å². The summed E-state index contributed by atoms with van der Waals surface area (Å²) in [6, 6.07) is 18.4. The lowest BCUT2D eigenvalue weighted by Crippen LogP contribution is -2.01. The van der Waals surface area contributed by atoms with Crippen molar-refractivity contribution in [2.75, 3.05) is 5.32 Å². The number of benzene rings is 2. The summed E-state index contributed by atoms with van der Waals surface area (Å²) in [5, 5.41) is 12.3. The molecule has 0 unspecified atom stereocenters. The third kappa shape index (κ3) is 4.43. The molecular weight excluding hydrogens is 429 g/mol. The van der Waals surface area contributed by atoms with Gasteiger partial charge in [0.05, 0.1) is 17.6 Å². The standard InChI is InChI=1S/C26H24FN7/c1-3-14-33-26(19-4-6-21(27)7-5-19)24(16-30-33)20-12-13-28-25(15-20)31-22-8-10-23(11-9-22)34-17-29-18(2)32-34/h4-13,15-17H,3,14H2,1-2H3,(H,28,31). The molecule has 0 aliphatic carbocycles. The Morgan fingerprint density at radius 1 is 0.941 bits per heavy atom. The maximum absolute atomic E-state index is 13.5. The van der Waals surface area contributed by atoms with Crippen LogP contribution in [0.5, 0.6) is 0 Å². The van der Waals surface area contributed by atoms with Crippen molar-refractivity contribution in [2.24, 2.45) is 0 Å². The van der Waals surface area contributed by atoms with Crippen LogP contribution in [-0.4, -0.2) is 29.5 Å². The highest BCUT2D eigenvalue weighted by Gasteiger charge is 2.15. The van der Waals surface area contributed by atoms with Gasteiger partial charge in [-0.3, -0.25) is 4.68 Å². The maximum atomic E-state index is 13.5. The number of rotatable bonds is 7. The average molecular weight is 454 g/mol. The summed E-state index contributed by atoms with van der Waals surface area (Å²) in [4.78, 5) is 8.65. The topological polar surface area (TPSA) is 73.5 Å². The molecule has 170 valence electrons. The van der Waals surface area contributed by atoms with Crippen LogP contribution in [-0.2, 0) is 6.54 Å². The van der Waals surface area contributed by atoms with Crippen LogP contribution in [0.2, 0.25) is 0 Å². The van der Waals surface area contributed by atoms with E-state index < -0.39 is 0 Å². The fourth-order valence-corrected chi connectivity index (χ4v) is 3.87. The Morgan fingerprint density at radius 3 is 2.44 bits per heavy atom. The zero-order valence-electron chi connectivity index (χ0n) is 19.0. The Morgan fingerprint density at radius 2 is 1.74 bits per heavy atom. The summed E-state index contributed by atoms with van der Waals surface area (Å²) in [7, 11) is 0. The van der Waals surface area contributed by atoms with Crippen molar-refractivity contribution < 1.29 is 4.39 Å². The summed E-state index contributed by atoms with van der Waals surface area (Å²) in [6.07, 6.45) is 6.28. The van der Waals surface area contributed by atoms with Crippen LogP contribution >= 0.6 is 0 Å². The van der Waals surface area contributed by atoms with Crippen LogP contribution in [0, 0.1) is 12.7 Å². The van der Waals surface area contributed by atoms with E-state index in [4.69, 9.17) is 0 Å². The van der Waals surface area contributed by atoms with Crippen molar-refractivity contribution in [1.29, 1.82) is 0 Å². The molecule has 5 rings (SSSR count). The normalized spacial score (nSPS) is 11.0. The Bertz CT molecular complexity index is 1400. The zero-order chi connectivity index (χ0) is 23.5. The Balaban J connectivity index is 1.44. The number of hydrogen-bond acceptors (Lipinski definition) is 5. The second-order valence-corrected chi connectivity index (χ2v) is 7.97. The maximum Gasteiger partial charge on any atom is 0.147 e. The molecule has 0 aliphatic heterocycles. The van der Waals surface area contributed by atoms with Gasteiger partial charge in [0.25, 0.3) is 0 Å². The van der Waals surface area contributed by atoms with Gasteiger partial charge in [0.1, 0.15) is 23.8 Å². The molecule has 0 saturated heterocycles. The molecule has 3 aromatic heterocycles. The Labute approximate surface area is 196 Å². The Hall–Kier alpha value is -4.33. The lowest BCUT2D eigenvalue weighted by atomic mass is 10.0. The smallest absolute Gasteiger partial charge is 0.147 e. The molecule has 0 saturated carbocycles. The van der Waals surface area contributed by atoms with Crippen LogP contribution in [0.25, 0.3) is 28.1 Å². The number of aromatic nitrogens is 6. The summed E-state index contributed by atoms with van der Waals surface area (Å²) >= 11 is 0. The third-order valence-electron chi connectivity index (χ3n) is 5.47. The number of hydrogen-bond donors (Lipinski definition) is 1. The first-order chi connectivity index (χ1) is 16.6. The van der Waals surface area contributed by atoms with E-state index in [0.29, 0.717) is 0 Å². The largest absolute Gasteiger partial charge is 0.340 e. The van der Waals surface area contributed by atoms with Gasteiger partial charge in [-0.1, -0.05) is 6.92 Å². The number of nitrogens with zero attached hydrogens (tertiary/aromatic N) is 6. The molecule has 0 spiro atoms. The van der Waals surface area contributed by atoms with Gasteiger partial charge >= 0.3 is 0 Å². The minimum Gasteiger partial charge on any atom is -0.340 e. The van der Waals surface area contributed by atoms with E-state index in [1.165, 1.54) is 12.1 Å². The molecule has 34 heavy (non-hydrogen) atoms. The summed E-state index contributed by atoms with van der Waals surface area (Å²) < 4.78 is 17.2. The van der Waals surface area contributed by atoms with E-state index in [1.807, 2.05) is 54.2 Å². The number of aryl methyl sites for hydroxylation is 2. The molecule has 5 aromatic rings. The zero-order valence-corrected chi connectivity index (χ0v) is 19.0. The van der Waals surface area contributed by atoms with Crippen LogP contribution in [0.3, 0.4) is 0 Å². The Kier molecular flexibility index (Phi) is 5.86. The van der Waals surface area contributed by atoms with Crippen molar-refractivity contribution in [3.8, 4) is 28.1 Å². The van der Waals surface area contributed by atoms with Gasteiger partial charge in [-0.05, 0) is 79.6 Å². The highest BCUT2D eigenvalue weighted by Crippen LogP contribution is 2.33. The van der Waals surface area contributed by atoms with Gasteiger partial charge in [0, 0.05) is 29.6 Å². The molecule has 0 radical (unpaired) electrons. The van der Waals surface area contributed by atoms with E-state index in [0.717, 1.165) is 58.4 Å². The van der Waals surface area contributed by atoms with Crippen molar-refractivity contribution in [2.45, 2.75) is 26.8 Å². The minimum atomic E-state index is -0.257. The minimum absolute atomic E-state index is 0.257. The van der Waals surface area contributed by atoms with Crippen molar-refractivity contribution in [3.05, 3.63) is 91.0 Å². The summed E-state index contributed by atoms with van der Waals surface area (Å²) in [6.45, 7) is 4.75. The third-order valence-corrected chi connectivity index (χ3v) is 5.47. The first-order valence-corrected chi connectivity index (χ1v) is 11.1. The molecule has 0 aliphatic rings. The molecule has 0 bridgehead atoms. The van der Waals surface area contributed by atoms with Gasteiger partial charge in [-0.15, -0.1) is 0 Å². The van der Waals surface area contributed by atoms with Gasteiger partial charge in [-0.2, -0.15) is 10.2 Å². The lowest BCUT2D eigenvalue weighted by molar-refractivity contribution is 0.608.